The summed E-state index contributed by atoms with van der Waals surface area (Å²) in [5.41, 5.74) is 0. The van der Waals surface area contributed by atoms with Crippen LogP contribution >= 0.6 is 0 Å². The van der Waals surface area contributed by atoms with Crippen molar-refractivity contribution in [2.75, 3.05) is 26.2 Å². The summed E-state index contributed by atoms with van der Waals surface area (Å²) in [4.78, 5) is 2.53. The molecule has 0 radical (unpaired) electrons. The van der Waals surface area contributed by atoms with Gasteiger partial charge in [-0.3, -0.25) is 0 Å². The van der Waals surface area contributed by atoms with Crippen LogP contribution in [0.2, 0.25) is 0 Å². The Morgan fingerprint density at radius 3 is 2.32 bits per heavy atom. The summed E-state index contributed by atoms with van der Waals surface area (Å²) in [5.74, 6) is 1.88. The molecule has 19 heavy (non-hydrogen) atoms. The van der Waals surface area contributed by atoms with E-state index in [4.69, 9.17) is 0 Å². The molecule has 0 aromatic heterocycles. The second kappa shape index (κ2) is 8.23. The van der Waals surface area contributed by atoms with Crippen molar-refractivity contribution in [2.45, 2.75) is 59.6 Å². The number of hydrogen-bond donors (Lipinski definition) is 2. The van der Waals surface area contributed by atoms with Crippen LogP contribution in [0.1, 0.15) is 47.5 Å². The van der Waals surface area contributed by atoms with Crippen LogP contribution in [0.4, 0.5) is 0 Å². The van der Waals surface area contributed by atoms with E-state index in [1.165, 1.54) is 6.42 Å². The summed E-state index contributed by atoms with van der Waals surface area (Å²) in [6.45, 7) is 15.5. The van der Waals surface area contributed by atoms with Gasteiger partial charge in [-0.15, -0.1) is 0 Å². The molecule has 0 saturated carbocycles. The second-order valence-electron chi connectivity index (χ2n) is 7.18. The zero-order valence-corrected chi connectivity index (χ0v) is 13.5. The van der Waals surface area contributed by atoms with Crippen LogP contribution in [0.5, 0.6) is 0 Å². The zero-order valence-electron chi connectivity index (χ0n) is 13.5. The largest absolute Gasteiger partial charge is 0.393 e. The Labute approximate surface area is 119 Å². The summed E-state index contributed by atoms with van der Waals surface area (Å²) < 4.78 is 0. The monoisotopic (exact) mass is 270 g/mol. The Balaban J connectivity index is 2.45. The predicted octanol–water partition coefficient (Wildman–Crippen LogP) is 2.35. The average Bonchev–Trinajstić information content (AvgIpc) is 2.27. The number of nitrogens with zero attached hydrogens (tertiary/aromatic N) is 1. The lowest BCUT2D eigenvalue weighted by atomic mass is 9.89. The van der Waals surface area contributed by atoms with Gasteiger partial charge in [-0.2, -0.15) is 0 Å². The Morgan fingerprint density at radius 2 is 1.79 bits per heavy atom. The average molecular weight is 270 g/mol. The van der Waals surface area contributed by atoms with E-state index in [9.17, 15) is 5.11 Å². The summed E-state index contributed by atoms with van der Waals surface area (Å²) in [5, 5.41) is 13.6. The summed E-state index contributed by atoms with van der Waals surface area (Å²) >= 11 is 0. The Morgan fingerprint density at radius 1 is 1.11 bits per heavy atom. The van der Waals surface area contributed by atoms with Gasteiger partial charge in [-0.05, 0) is 44.1 Å². The molecule has 1 aliphatic rings. The molecule has 114 valence electrons. The summed E-state index contributed by atoms with van der Waals surface area (Å²) in [6.07, 6.45) is 2.16. The van der Waals surface area contributed by atoms with E-state index in [-0.39, 0.29) is 6.10 Å². The first-order chi connectivity index (χ1) is 8.88. The van der Waals surface area contributed by atoms with E-state index in [0.29, 0.717) is 17.9 Å². The molecule has 0 aromatic rings. The number of likely N-dealkylation sites (tertiary alicyclic amines) is 1. The smallest absolute Gasteiger partial charge is 0.0553 e. The van der Waals surface area contributed by atoms with Crippen molar-refractivity contribution in [2.24, 2.45) is 17.8 Å². The van der Waals surface area contributed by atoms with Crippen LogP contribution in [-0.2, 0) is 0 Å². The van der Waals surface area contributed by atoms with Crippen molar-refractivity contribution >= 4 is 0 Å². The topological polar surface area (TPSA) is 35.5 Å². The van der Waals surface area contributed by atoms with Crippen molar-refractivity contribution in [3.8, 4) is 0 Å². The van der Waals surface area contributed by atoms with Crippen LogP contribution < -0.4 is 5.32 Å². The minimum atomic E-state index is -0.190. The number of aliphatic hydroxyl groups excluding tert-OH is 1. The molecule has 3 atom stereocenters. The van der Waals surface area contributed by atoms with E-state index >= 15 is 0 Å². The molecule has 0 amide bonds. The molecular weight excluding hydrogens is 236 g/mol. The lowest BCUT2D eigenvalue weighted by Crippen LogP contribution is -2.52. The molecule has 3 nitrogen and oxygen atoms in total. The molecule has 1 saturated heterocycles. The molecule has 1 rings (SSSR count). The van der Waals surface area contributed by atoms with Crippen molar-refractivity contribution in [3.05, 3.63) is 0 Å². The van der Waals surface area contributed by atoms with Crippen molar-refractivity contribution in [1.29, 1.82) is 0 Å². The van der Waals surface area contributed by atoms with Crippen LogP contribution in [0, 0.1) is 17.8 Å². The molecule has 3 unspecified atom stereocenters. The molecule has 3 heteroatoms. The lowest BCUT2D eigenvalue weighted by Gasteiger charge is -2.40. The van der Waals surface area contributed by atoms with Gasteiger partial charge in [-0.1, -0.05) is 27.7 Å². The predicted molar refractivity (Wildman–Crippen MR) is 82.3 cm³/mol. The molecule has 0 aromatic carbocycles. The number of rotatable bonds is 7. The van der Waals surface area contributed by atoms with Gasteiger partial charge < -0.3 is 15.3 Å². The summed E-state index contributed by atoms with van der Waals surface area (Å²) in [6, 6.07) is 0.547. The fraction of sp³-hybridized carbons (Fsp3) is 1.00. The van der Waals surface area contributed by atoms with Gasteiger partial charge in [0.15, 0.2) is 0 Å². The highest BCUT2D eigenvalue weighted by molar-refractivity contribution is 4.86. The Bertz CT molecular complexity index is 241. The molecule has 1 heterocycles. The molecule has 2 N–H and O–H groups in total. The maximum absolute atomic E-state index is 9.91. The standard InChI is InChI=1S/C16H34N2O/c1-12(2)6-7-17-16-8-15(14(5)19)10-18(11-16)9-13(3)4/h12-17,19H,6-11H2,1-5H3. The van der Waals surface area contributed by atoms with Gasteiger partial charge in [0.1, 0.15) is 0 Å². The highest BCUT2D eigenvalue weighted by Gasteiger charge is 2.29. The summed E-state index contributed by atoms with van der Waals surface area (Å²) in [7, 11) is 0. The number of hydrogen-bond acceptors (Lipinski definition) is 3. The van der Waals surface area contributed by atoms with Crippen molar-refractivity contribution in [1.82, 2.24) is 10.2 Å². The third kappa shape index (κ3) is 6.73. The first-order valence-corrected chi connectivity index (χ1v) is 8.02. The highest BCUT2D eigenvalue weighted by atomic mass is 16.3. The highest BCUT2D eigenvalue weighted by Crippen LogP contribution is 2.21. The van der Waals surface area contributed by atoms with Gasteiger partial charge in [0.2, 0.25) is 0 Å². The quantitative estimate of drug-likeness (QED) is 0.745. The molecule has 0 spiro atoms. The van der Waals surface area contributed by atoms with Crippen LogP contribution in [0.25, 0.3) is 0 Å². The SMILES string of the molecule is CC(C)CCNC1CC(C(C)O)CN(CC(C)C)C1. The molecule has 1 aliphatic heterocycles. The molecule has 1 fully saturated rings. The van der Waals surface area contributed by atoms with Gasteiger partial charge in [0.05, 0.1) is 6.10 Å². The zero-order chi connectivity index (χ0) is 14.4. The third-order valence-electron chi connectivity index (χ3n) is 4.02. The van der Waals surface area contributed by atoms with Crippen LogP contribution in [0.3, 0.4) is 0 Å². The van der Waals surface area contributed by atoms with E-state index in [2.05, 4.69) is 37.9 Å². The molecular formula is C16H34N2O. The van der Waals surface area contributed by atoms with Gasteiger partial charge in [0.25, 0.3) is 0 Å². The third-order valence-corrected chi connectivity index (χ3v) is 4.02. The fourth-order valence-electron chi connectivity index (χ4n) is 2.97. The van der Waals surface area contributed by atoms with Gasteiger partial charge in [-0.25, -0.2) is 0 Å². The van der Waals surface area contributed by atoms with Crippen molar-refractivity contribution < 1.29 is 5.11 Å². The first-order valence-electron chi connectivity index (χ1n) is 8.02. The second-order valence-corrected chi connectivity index (χ2v) is 7.18. The van der Waals surface area contributed by atoms with Gasteiger partial charge in [0, 0.05) is 25.7 Å². The van der Waals surface area contributed by atoms with Crippen LogP contribution in [0.15, 0.2) is 0 Å². The van der Waals surface area contributed by atoms with Crippen LogP contribution in [-0.4, -0.2) is 48.3 Å². The minimum Gasteiger partial charge on any atom is -0.393 e. The maximum atomic E-state index is 9.91. The number of nitrogens with one attached hydrogen (secondary N) is 1. The van der Waals surface area contributed by atoms with E-state index in [1.807, 2.05) is 6.92 Å². The lowest BCUT2D eigenvalue weighted by molar-refractivity contribution is 0.0434. The normalized spacial score (nSPS) is 27.2. The van der Waals surface area contributed by atoms with E-state index in [0.717, 1.165) is 38.5 Å². The molecule has 0 bridgehead atoms. The maximum Gasteiger partial charge on any atom is 0.0553 e. The van der Waals surface area contributed by atoms with Gasteiger partial charge >= 0.3 is 0 Å². The van der Waals surface area contributed by atoms with Crippen molar-refractivity contribution in [3.63, 3.8) is 0 Å². The first kappa shape index (κ1) is 16.9. The number of piperidine rings is 1. The fourth-order valence-corrected chi connectivity index (χ4v) is 2.97. The number of aliphatic hydroxyl groups is 1. The van der Waals surface area contributed by atoms with E-state index in [1.54, 1.807) is 0 Å². The Hall–Kier alpha value is -0.120. The van der Waals surface area contributed by atoms with E-state index < -0.39 is 0 Å². The minimum absolute atomic E-state index is 0.190. The molecule has 0 aliphatic carbocycles. The Kier molecular flexibility index (Phi) is 7.33.